The Morgan fingerprint density at radius 1 is 1.00 bits per heavy atom. The van der Waals surface area contributed by atoms with Crippen molar-refractivity contribution < 1.29 is 44.5 Å². The second kappa shape index (κ2) is 9.17. The van der Waals surface area contributed by atoms with E-state index in [-0.39, 0.29) is 23.9 Å². The van der Waals surface area contributed by atoms with E-state index in [1.165, 1.54) is 20.3 Å². The van der Waals surface area contributed by atoms with Gasteiger partial charge in [-0.3, -0.25) is 0 Å². The molecule has 1 aromatic rings. The number of aliphatic hydroxyl groups is 5. The van der Waals surface area contributed by atoms with E-state index in [9.17, 15) is 20.4 Å². The molecule has 26 heavy (non-hydrogen) atoms. The zero-order valence-corrected chi connectivity index (χ0v) is 14.5. The predicted molar refractivity (Wildman–Crippen MR) is 90.1 cm³/mol. The van der Waals surface area contributed by atoms with E-state index in [0.717, 1.165) is 0 Å². The predicted octanol–water partition coefficient (Wildman–Crippen LogP) is -1.11. The quantitative estimate of drug-likeness (QED) is 0.403. The van der Waals surface area contributed by atoms with Gasteiger partial charge in [-0.25, -0.2) is 0 Å². The molecule has 1 heterocycles. The molecule has 0 amide bonds. The van der Waals surface area contributed by atoms with Crippen molar-refractivity contribution in [2.24, 2.45) is 0 Å². The second-order valence-corrected chi connectivity index (χ2v) is 5.65. The SMILES string of the molecule is COc1cc(C=CCO)cc(OC)c1O[C@@H]1O[C@H](CO)[C@@H](O)[C@H](O)[C@H]1O. The van der Waals surface area contributed by atoms with E-state index in [2.05, 4.69) is 0 Å². The molecule has 5 atom stereocenters. The molecule has 0 aliphatic carbocycles. The normalized spacial score (nSPS) is 29.0. The molecule has 9 heteroatoms. The van der Waals surface area contributed by atoms with Gasteiger partial charge in [0.2, 0.25) is 12.0 Å². The van der Waals surface area contributed by atoms with Crippen LogP contribution in [0.15, 0.2) is 18.2 Å². The van der Waals surface area contributed by atoms with E-state index in [1.807, 2.05) is 0 Å². The highest BCUT2D eigenvalue weighted by Crippen LogP contribution is 2.40. The summed E-state index contributed by atoms with van der Waals surface area (Å²) < 4.78 is 21.6. The average molecular weight is 372 g/mol. The fraction of sp³-hybridized carbons (Fsp3) is 0.529. The number of benzene rings is 1. The van der Waals surface area contributed by atoms with E-state index in [0.29, 0.717) is 5.56 Å². The van der Waals surface area contributed by atoms with Gasteiger partial charge in [0.1, 0.15) is 24.4 Å². The van der Waals surface area contributed by atoms with Crippen molar-refractivity contribution >= 4 is 6.08 Å². The summed E-state index contributed by atoms with van der Waals surface area (Å²) in [5.74, 6) is 0.637. The molecule has 0 unspecified atom stereocenters. The lowest BCUT2D eigenvalue weighted by molar-refractivity contribution is -0.277. The topological polar surface area (TPSA) is 138 Å². The lowest BCUT2D eigenvalue weighted by atomic mass is 9.99. The maximum atomic E-state index is 10.1. The molecule has 9 nitrogen and oxygen atoms in total. The van der Waals surface area contributed by atoms with Crippen LogP contribution in [0.3, 0.4) is 0 Å². The van der Waals surface area contributed by atoms with E-state index < -0.39 is 37.3 Å². The van der Waals surface area contributed by atoms with Gasteiger partial charge in [-0.15, -0.1) is 0 Å². The van der Waals surface area contributed by atoms with Crippen molar-refractivity contribution in [1.29, 1.82) is 0 Å². The Morgan fingerprint density at radius 2 is 1.62 bits per heavy atom. The minimum absolute atomic E-state index is 0.112. The first-order valence-electron chi connectivity index (χ1n) is 7.97. The lowest BCUT2D eigenvalue weighted by Crippen LogP contribution is -2.60. The van der Waals surface area contributed by atoms with Gasteiger partial charge >= 0.3 is 0 Å². The van der Waals surface area contributed by atoms with Crippen LogP contribution in [0.5, 0.6) is 17.2 Å². The first kappa shape index (κ1) is 20.4. The van der Waals surface area contributed by atoms with Crippen LogP contribution in [0.4, 0.5) is 0 Å². The maximum absolute atomic E-state index is 10.1. The first-order chi connectivity index (χ1) is 12.5. The van der Waals surface area contributed by atoms with Crippen molar-refractivity contribution in [2.45, 2.75) is 30.7 Å². The number of hydrogen-bond acceptors (Lipinski definition) is 9. The Balaban J connectivity index is 2.33. The zero-order chi connectivity index (χ0) is 19.3. The number of ether oxygens (including phenoxy) is 4. The highest BCUT2D eigenvalue weighted by molar-refractivity contribution is 5.62. The van der Waals surface area contributed by atoms with Gasteiger partial charge in [-0.1, -0.05) is 12.2 Å². The van der Waals surface area contributed by atoms with Crippen molar-refractivity contribution in [3.63, 3.8) is 0 Å². The third-order valence-corrected chi connectivity index (χ3v) is 3.98. The smallest absolute Gasteiger partial charge is 0.229 e. The second-order valence-electron chi connectivity index (χ2n) is 5.65. The van der Waals surface area contributed by atoms with Crippen LogP contribution in [0, 0.1) is 0 Å². The van der Waals surface area contributed by atoms with Crippen LogP contribution in [-0.2, 0) is 4.74 Å². The molecule has 1 aliphatic heterocycles. The molecule has 0 aromatic heterocycles. The van der Waals surface area contributed by atoms with Crippen LogP contribution in [-0.4, -0.2) is 83.7 Å². The molecule has 2 rings (SSSR count). The summed E-state index contributed by atoms with van der Waals surface area (Å²) >= 11 is 0. The highest BCUT2D eigenvalue weighted by Gasteiger charge is 2.45. The number of methoxy groups -OCH3 is 2. The third-order valence-electron chi connectivity index (χ3n) is 3.98. The maximum Gasteiger partial charge on any atom is 0.229 e. The molecule has 0 saturated carbocycles. The van der Waals surface area contributed by atoms with Crippen LogP contribution in [0.2, 0.25) is 0 Å². The van der Waals surface area contributed by atoms with E-state index in [1.54, 1.807) is 18.2 Å². The summed E-state index contributed by atoms with van der Waals surface area (Å²) in [6, 6.07) is 3.24. The Hall–Kier alpha value is -1.88. The molecule has 1 aliphatic rings. The standard InChI is InChI=1S/C17H24O9/c1-23-10-6-9(4-3-5-18)7-11(24-2)16(10)26-17-15(22)14(21)13(20)12(8-19)25-17/h3-4,6-7,12-15,17-22H,5,8H2,1-2H3/t12-,13-,14+,15-,17+/m1/s1. The molecule has 146 valence electrons. The molecule has 1 fully saturated rings. The molecular formula is C17H24O9. The molecule has 0 bridgehead atoms. The van der Waals surface area contributed by atoms with Crippen molar-refractivity contribution in [2.75, 3.05) is 27.4 Å². The van der Waals surface area contributed by atoms with Gasteiger partial charge < -0.3 is 44.5 Å². The van der Waals surface area contributed by atoms with Gasteiger partial charge in [-0.05, 0) is 17.7 Å². The third kappa shape index (κ3) is 4.26. The lowest BCUT2D eigenvalue weighted by Gasteiger charge is -2.39. The van der Waals surface area contributed by atoms with Crippen LogP contribution < -0.4 is 14.2 Å². The van der Waals surface area contributed by atoms with Crippen LogP contribution in [0.1, 0.15) is 5.56 Å². The zero-order valence-electron chi connectivity index (χ0n) is 14.5. The van der Waals surface area contributed by atoms with Gasteiger partial charge in [-0.2, -0.15) is 0 Å². The number of rotatable bonds is 7. The molecule has 5 N–H and O–H groups in total. The summed E-state index contributed by atoms with van der Waals surface area (Å²) in [5.41, 5.74) is 0.675. The molecular weight excluding hydrogens is 348 g/mol. The van der Waals surface area contributed by atoms with Gasteiger partial charge in [0, 0.05) is 0 Å². The van der Waals surface area contributed by atoms with Crippen molar-refractivity contribution in [3.8, 4) is 17.2 Å². The molecule has 1 aromatic carbocycles. The molecule has 0 radical (unpaired) electrons. The summed E-state index contributed by atoms with van der Waals surface area (Å²) in [6.07, 6.45) is -3.88. The average Bonchev–Trinajstić information content (AvgIpc) is 2.66. The first-order valence-corrected chi connectivity index (χ1v) is 7.97. The fourth-order valence-corrected chi connectivity index (χ4v) is 2.58. The Bertz CT molecular complexity index is 591. The number of aliphatic hydroxyl groups excluding tert-OH is 5. The van der Waals surface area contributed by atoms with Gasteiger partial charge in [0.15, 0.2) is 11.5 Å². The van der Waals surface area contributed by atoms with Crippen LogP contribution in [0.25, 0.3) is 6.08 Å². The summed E-state index contributed by atoms with van der Waals surface area (Å²) in [5, 5.41) is 48.0. The van der Waals surface area contributed by atoms with Gasteiger partial charge in [0.05, 0.1) is 27.4 Å². The largest absolute Gasteiger partial charge is 0.493 e. The van der Waals surface area contributed by atoms with Crippen LogP contribution >= 0.6 is 0 Å². The Morgan fingerprint density at radius 3 is 2.12 bits per heavy atom. The highest BCUT2D eigenvalue weighted by atomic mass is 16.7. The van der Waals surface area contributed by atoms with E-state index in [4.69, 9.17) is 24.1 Å². The molecule has 1 saturated heterocycles. The minimum atomic E-state index is -1.56. The summed E-state index contributed by atoms with van der Waals surface area (Å²) in [7, 11) is 2.82. The minimum Gasteiger partial charge on any atom is -0.493 e. The number of hydrogen-bond donors (Lipinski definition) is 5. The monoisotopic (exact) mass is 372 g/mol. The Kier molecular flexibility index (Phi) is 7.21. The summed E-state index contributed by atoms with van der Waals surface area (Å²) in [6.45, 7) is -0.697. The fourth-order valence-electron chi connectivity index (χ4n) is 2.58. The van der Waals surface area contributed by atoms with Crippen molar-refractivity contribution in [1.82, 2.24) is 0 Å². The van der Waals surface area contributed by atoms with E-state index >= 15 is 0 Å². The van der Waals surface area contributed by atoms with Crippen molar-refractivity contribution in [3.05, 3.63) is 23.8 Å². The Labute approximate surface area is 150 Å². The van der Waals surface area contributed by atoms with Gasteiger partial charge in [0.25, 0.3) is 0 Å². The summed E-state index contributed by atoms with van der Waals surface area (Å²) in [4.78, 5) is 0. The molecule has 0 spiro atoms.